The zero-order valence-corrected chi connectivity index (χ0v) is 18.2. The number of carbonyl (C=O) groups is 3. The number of hydrogen-bond acceptors (Lipinski definition) is 7. The van der Waals surface area contributed by atoms with Crippen molar-refractivity contribution >= 4 is 56.3 Å². The van der Waals surface area contributed by atoms with E-state index in [0.717, 1.165) is 27.1 Å². The number of rotatable bonds is 8. The number of nitrogens with one attached hydrogen (secondary N) is 1. The Hall–Kier alpha value is -2.47. The topological polar surface area (TPSA) is 127 Å². The lowest BCUT2D eigenvalue weighted by molar-refractivity contribution is -0.124. The minimum absolute atomic E-state index is 0.00861. The number of imide groups is 1. The minimum atomic E-state index is -3.73. The van der Waals surface area contributed by atoms with E-state index >= 15 is 0 Å². The van der Waals surface area contributed by atoms with Gasteiger partial charge < -0.3 is 5.32 Å². The summed E-state index contributed by atoms with van der Waals surface area (Å²) in [6.45, 7) is 0.356. The van der Waals surface area contributed by atoms with Crippen molar-refractivity contribution in [2.45, 2.75) is 17.7 Å². The smallest absolute Gasteiger partial charge is 0.293 e. The van der Waals surface area contributed by atoms with Gasteiger partial charge in [0.1, 0.15) is 0 Å². The lowest BCUT2D eigenvalue weighted by atomic mass is 10.1. The first-order valence-corrected chi connectivity index (χ1v) is 12.2. The molecule has 3 N–H and O–H groups in total. The van der Waals surface area contributed by atoms with Gasteiger partial charge in [0.15, 0.2) is 0 Å². The van der Waals surface area contributed by atoms with E-state index in [4.69, 9.17) is 5.14 Å². The average Bonchev–Trinajstić information content (AvgIpc) is 3.29. The molecule has 0 saturated carbocycles. The summed E-state index contributed by atoms with van der Waals surface area (Å²) in [6, 6.07) is 9.80. The van der Waals surface area contributed by atoms with Gasteiger partial charge in [0.05, 0.1) is 9.80 Å². The van der Waals surface area contributed by atoms with Gasteiger partial charge in [0.2, 0.25) is 15.9 Å². The van der Waals surface area contributed by atoms with Gasteiger partial charge in [-0.1, -0.05) is 18.2 Å². The van der Waals surface area contributed by atoms with Gasteiger partial charge in [0, 0.05) is 24.4 Å². The quantitative estimate of drug-likeness (QED) is 0.576. The maximum atomic E-state index is 12.4. The van der Waals surface area contributed by atoms with Gasteiger partial charge in [-0.25, -0.2) is 13.6 Å². The van der Waals surface area contributed by atoms with Crippen molar-refractivity contribution in [3.8, 4) is 0 Å². The number of carbonyl (C=O) groups excluding carboxylic acids is 3. The lowest BCUT2D eigenvalue weighted by Gasteiger charge is -2.12. The second-order valence-electron chi connectivity index (χ2n) is 6.39. The standard InChI is InChI=1S/C19H19N3O5S3/c20-30(26,27)15-5-3-13(4-6-15)7-9-21-17(23)8-10-22-18(24)16(29-19(22)25)12-14-2-1-11-28-14/h1-6,11-12H,7-10H2,(H,21,23)(H2,20,26,27). The van der Waals surface area contributed by atoms with Gasteiger partial charge in [0.25, 0.3) is 11.1 Å². The largest absolute Gasteiger partial charge is 0.356 e. The molecule has 11 heteroatoms. The van der Waals surface area contributed by atoms with Crippen molar-refractivity contribution in [1.29, 1.82) is 0 Å². The van der Waals surface area contributed by atoms with Crippen LogP contribution in [-0.2, 0) is 26.0 Å². The fraction of sp³-hybridized carbons (Fsp3) is 0.211. The van der Waals surface area contributed by atoms with Crippen LogP contribution in [0.4, 0.5) is 4.79 Å². The summed E-state index contributed by atoms with van der Waals surface area (Å²) >= 11 is 2.34. The minimum Gasteiger partial charge on any atom is -0.356 e. The summed E-state index contributed by atoms with van der Waals surface area (Å²) in [5.74, 6) is -0.668. The van der Waals surface area contributed by atoms with E-state index in [1.807, 2.05) is 17.5 Å². The van der Waals surface area contributed by atoms with Gasteiger partial charge in [-0.05, 0) is 53.4 Å². The van der Waals surface area contributed by atoms with Crippen LogP contribution in [0.15, 0.2) is 51.6 Å². The maximum Gasteiger partial charge on any atom is 0.293 e. The molecule has 0 radical (unpaired) electrons. The predicted octanol–water partition coefficient (Wildman–Crippen LogP) is 2.18. The Balaban J connectivity index is 1.44. The van der Waals surface area contributed by atoms with Crippen LogP contribution in [0.25, 0.3) is 6.08 Å². The number of thioether (sulfide) groups is 1. The molecule has 0 spiro atoms. The molecule has 0 atom stereocenters. The van der Waals surface area contributed by atoms with Crippen molar-refractivity contribution in [3.63, 3.8) is 0 Å². The van der Waals surface area contributed by atoms with E-state index < -0.39 is 10.0 Å². The third kappa shape index (κ3) is 5.79. The number of sulfonamides is 1. The summed E-state index contributed by atoms with van der Waals surface area (Å²) in [5, 5.41) is 9.28. The van der Waals surface area contributed by atoms with Crippen LogP contribution in [-0.4, -0.2) is 43.5 Å². The average molecular weight is 466 g/mol. The Morgan fingerprint density at radius 2 is 1.90 bits per heavy atom. The number of amides is 3. The van der Waals surface area contributed by atoms with Crippen LogP contribution < -0.4 is 10.5 Å². The van der Waals surface area contributed by atoms with Crippen LogP contribution >= 0.6 is 23.1 Å². The van der Waals surface area contributed by atoms with E-state index in [2.05, 4.69) is 5.32 Å². The van der Waals surface area contributed by atoms with Crippen molar-refractivity contribution in [2.75, 3.05) is 13.1 Å². The van der Waals surface area contributed by atoms with Crippen molar-refractivity contribution in [2.24, 2.45) is 5.14 Å². The highest BCUT2D eigenvalue weighted by Gasteiger charge is 2.35. The lowest BCUT2D eigenvalue weighted by Crippen LogP contribution is -2.34. The summed E-state index contributed by atoms with van der Waals surface area (Å²) in [4.78, 5) is 38.9. The fourth-order valence-electron chi connectivity index (χ4n) is 2.69. The first-order valence-electron chi connectivity index (χ1n) is 8.91. The normalized spacial score (nSPS) is 15.8. The number of benzene rings is 1. The zero-order chi connectivity index (χ0) is 21.7. The molecule has 0 unspecified atom stereocenters. The van der Waals surface area contributed by atoms with Crippen molar-refractivity contribution in [1.82, 2.24) is 10.2 Å². The molecule has 1 aromatic carbocycles. The van der Waals surface area contributed by atoms with Crippen LogP contribution in [0.1, 0.15) is 16.9 Å². The SMILES string of the molecule is NS(=O)(=O)c1ccc(CCNC(=O)CCN2C(=O)SC(=Cc3cccs3)C2=O)cc1. The first-order chi connectivity index (χ1) is 14.2. The molecule has 1 saturated heterocycles. The molecule has 158 valence electrons. The molecule has 0 aliphatic carbocycles. The highest BCUT2D eigenvalue weighted by atomic mass is 32.2. The molecule has 1 aliphatic heterocycles. The monoisotopic (exact) mass is 465 g/mol. The molecule has 3 amide bonds. The molecular formula is C19H19N3O5S3. The number of nitrogens with two attached hydrogens (primary N) is 1. The van der Waals surface area contributed by atoms with Gasteiger partial charge in [-0.15, -0.1) is 11.3 Å². The molecular weight excluding hydrogens is 446 g/mol. The molecule has 30 heavy (non-hydrogen) atoms. The molecule has 8 nitrogen and oxygen atoms in total. The van der Waals surface area contributed by atoms with Crippen molar-refractivity contribution in [3.05, 3.63) is 57.1 Å². The van der Waals surface area contributed by atoms with E-state index in [1.165, 1.54) is 23.5 Å². The Morgan fingerprint density at radius 1 is 1.17 bits per heavy atom. The second kappa shape index (κ2) is 9.56. The molecule has 2 heterocycles. The maximum absolute atomic E-state index is 12.4. The molecule has 1 aromatic heterocycles. The van der Waals surface area contributed by atoms with Crippen LogP contribution in [0.5, 0.6) is 0 Å². The Bertz CT molecular complexity index is 1080. The summed E-state index contributed by atoms with van der Waals surface area (Å²) in [7, 11) is -3.73. The second-order valence-corrected chi connectivity index (χ2v) is 9.92. The number of primary sulfonamides is 1. The summed E-state index contributed by atoms with van der Waals surface area (Å²) < 4.78 is 22.5. The van der Waals surface area contributed by atoms with Crippen LogP contribution in [0.3, 0.4) is 0 Å². The molecule has 3 rings (SSSR count). The highest BCUT2D eigenvalue weighted by Crippen LogP contribution is 2.32. The Morgan fingerprint density at radius 3 is 2.53 bits per heavy atom. The molecule has 1 fully saturated rings. The van der Waals surface area contributed by atoms with Gasteiger partial charge in [-0.2, -0.15) is 0 Å². The zero-order valence-electron chi connectivity index (χ0n) is 15.7. The predicted molar refractivity (Wildman–Crippen MR) is 116 cm³/mol. The summed E-state index contributed by atoms with van der Waals surface area (Å²) in [6.07, 6.45) is 2.19. The van der Waals surface area contributed by atoms with E-state index in [1.54, 1.807) is 18.2 Å². The molecule has 0 bridgehead atoms. The van der Waals surface area contributed by atoms with Crippen molar-refractivity contribution < 1.29 is 22.8 Å². The summed E-state index contributed by atoms with van der Waals surface area (Å²) in [5.41, 5.74) is 0.840. The van der Waals surface area contributed by atoms with Gasteiger partial charge >= 0.3 is 0 Å². The number of thiophene rings is 1. The Labute approximate surface area is 182 Å². The van der Waals surface area contributed by atoms with Crippen LogP contribution in [0, 0.1) is 0 Å². The molecule has 1 aliphatic rings. The fourth-order valence-corrected chi connectivity index (χ4v) is 4.79. The third-order valence-corrected chi connectivity index (χ3v) is 6.90. The third-order valence-electron chi connectivity index (χ3n) is 4.24. The van der Waals surface area contributed by atoms with E-state index in [0.29, 0.717) is 17.9 Å². The van der Waals surface area contributed by atoms with E-state index in [9.17, 15) is 22.8 Å². The van der Waals surface area contributed by atoms with E-state index in [-0.39, 0.29) is 34.9 Å². The highest BCUT2D eigenvalue weighted by molar-refractivity contribution is 8.18. The van der Waals surface area contributed by atoms with Gasteiger partial charge in [-0.3, -0.25) is 19.3 Å². The molecule has 2 aromatic rings. The Kier molecular flexibility index (Phi) is 7.08. The number of nitrogens with zero attached hydrogens (tertiary/aromatic N) is 1. The first kappa shape index (κ1) is 22.2. The van der Waals surface area contributed by atoms with Crippen LogP contribution in [0.2, 0.25) is 0 Å². The number of hydrogen-bond donors (Lipinski definition) is 2.